The number of aromatic nitrogens is 2. The van der Waals surface area contributed by atoms with Gasteiger partial charge in [0.1, 0.15) is 11.4 Å². The van der Waals surface area contributed by atoms with Gasteiger partial charge in [0, 0.05) is 17.0 Å². The number of phenolic OH excluding ortho intramolecular Hbond substituents is 1. The van der Waals surface area contributed by atoms with Crippen molar-refractivity contribution < 1.29 is 5.11 Å². The van der Waals surface area contributed by atoms with Crippen molar-refractivity contribution in [2.24, 2.45) is 10.2 Å². The van der Waals surface area contributed by atoms with Gasteiger partial charge < -0.3 is 5.11 Å². The summed E-state index contributed by atoms with van der Waals surface area (Å²) >= 11 is 0. The summed E-state index contributed by atoms with van der Waals surface area (Å²) in [6, 6.07) is 15.1. The van der Waals surface area contributed by atoms with E-state index in [1.807, 2.05) is 60.0 Å². The highest BCUT2D eigenvalue weighted by Crippen LogP contribution is 2.34. The highest BCUT2D eigenvalue weighted by atomic mass is 16.3. The highest BCUT2D eigenvalue weighted by molar-refractivity contribution is 5.96. The molecule has 0 saturated heterocycles. The minimum absolute atomic E-state index is 0.237. The van der Waals surface area contributed by atoms with Crippen LogP contribution in [0.5, 0.6) is 5.75 Å². The van der Waals surface area contributed by atoms with Crippen LogP contribution in [0.3, 0.4) is 0 Å². The van der Waals surface area contributed by atoms with Gasteiger partial charge in [0.05, 0.1) is 11.4 Å². The van der Waals surface area contributed by atoms with Gasteiger partial charge in [-0.3, -0.25) is 4.40 Å². The summed E-state index contributed by atoms with van der Waals surface area (Å²) in [5, 5.41) is 20.7. The van der Waals surface area contributed by atoms with E-state index < -0.39 is 0 Å². The predicted molar refractivity (Wildman–Crippen MR) is 104 cm³/mol. The van der Waals surface area contributed by atoms with Gasteiger partial charge in [-0.05, 0) is 36.6 Å². The first-order chi connectivity index (χ1) is 12.5. The van der Waals surface area contributed by atoms with E-state index in [1.54, 1.807) is 6.07 Å². The number of aryl methyl sites for hydroxylation is 1. The molecule has 0 spiro atoms. The van der Waals surface area contributed by atoms with Crippen molar-refractivity contribution in [2.45, 2.75) is 26.7 Å². The molecule has 0 aliphatic carbocycles. The molecule has 0 saturated carbocycles. The molecule has 5 heteroatoms. The first-order valence-electron chi connectivity index (χ1n) is 8.65. The van der Waals surface area contributed by atoms with E-state index in [-0.39, 0.29) is 11.7 Å². The molecule has 1 N–H and O–H groups in total. The zero-order valence-corrected chi connectivity index (χ0v) is 15.0. The Hall–Kier alpha value is -3.21. The minimum Gasteiger partial charge on any atom is -0.507 e. The van der Waals surface area contributed by atoms with E-state index in [0.717, 1.165) is 39.2 Å². The van der Waals surface area contributed by atoms with Gasteiger partial charge in [0.25, 0.3) is 0 Å². The monoisotopic (exact) mass is 344 g/mol. The molecule has 130 valence electrons. The number of imidazole rings is 1. The van der Waals surface area contributed by atoms with Crippen molar-refractivity contribution in [1.29, 1.82) is 0 Å². The van der Waals surface area contributed by atoms with Crippen molar-refractivity contribution in [1.82, 2.24) is 9.38 Å². The van der Waals surface area contributed by atoms with Crippen LogP contribution < -0.4 is 0 Å². The van der Waals surface area contributed by atoms with Crippen molar-refractivity contribution >= 4 is 27.9 Å². The molecule has 0 fully saturated rings. The number of azo groups is 1. The average Bonchev–Trinajstić information content (AvgIpc) is 2.98. The lowest BCUT2D eigenvalue weighted by Gasteiger charge is -2.04. The van der Waals surface area contributed by atoms with Gasteiger partial charge in [-0.1, -0.05) is 44.2 Å². The topological polar surface area (TPSA) is 62.2 Å². The fourth-order valence-electron chi connectivity index (χ4n) is 3.11. The molecule has 0 bridgehead atoms. The third-order valence-electron chi connectivity index (χ3n) is 4.44. The predicted octanol–water partition coefficient (Wildman–Crippen LogP) is 6.04. The first kappa shape index (κ1) is 16.3. The molecule has 4 rings (SSSR count). The molecule has 5 nitrogen and oxygen atoms in total. The maximum Gasteiger partial charge on any atom is 0.183 e. The second-order valence-corrected chi connectivity index (χ2v) is 6.76. The summed E-state index contributed by atoms with van der Waals surface area (Å²) in [6.07, 6.45) is 2.03. The number of benzene rings is 2. The van der Waals surface area contributed by atoms with Crippen molar-refractivity contribution in [3.63, 3.8) is 0 Å². The molecule has 2 aromatic heterocycles. The summed E-state index contributed by atoms with van der Waals surface area (Å²) in [6.45, 7) is 6.25. The molecule has 0 aliphatic heterocycles. The van der Waals surface area contributed by atoms with E-state index in [1.165, 1.54) is 0 Å². The maximum atomic E-state index is 10.1. The third kappa shape index (κ3) is 2.71. The summed E-state index contributed by atoms with van der Waals surface area (Å²) in [5.74, 6) is 1.23. The van der Waals surface area contributed by atoms with Crippen LogP contribution in [0.25, 0.3) is 16.4 Å². The van der Waals surface area contributed by atoms with Gasteiger partial charge in [-0.2, -0.15) is 0 Å². The van der Waals surface area contributed by atoms with Crippen molar-refractivity contribution in [3.8, 4) is 5.75 Å². The lowest BCUT2D eigenvalue weighted by atomic mass is 10.1. The Morgan fingerprint density at radius 1 is 0.962 bits per heavy atom. The van der Waals surface area contributed by atoms with Gasteiger partial charge in [0.15, 0.2) is 5.82 Å². The second-order valence-electron chi connectivity index (χ2n) is 6.76. The Morgan fingerprint density at radius 3 is 2.54 bits per heavy atom. The normalized spacial score (nSPS) is 12.0. The number of fused-ring (bicyclic) bond motifs is 2. The SMILES string of the molecule is Cc1ccc2nc(C(C)C)c(N=Nc3cccc4c(O)cccc34)n2c1. The number of nitrogens with zero attached hydrogens (tertiary/aromatic N) is 4. The lowest BCUT2D eigenvalue weighted by molar-refractivity contribution is 0.481. The summed E-state index contributed by atoms with van der Waals surface area (Å²) in [5.41, 5.74) is 3.64. The zero-order valence-electron chi connectivity index (χ0n) is 15.0. The molecule has 2 aromatic carbocycles. The summed E-state index contributed by atoms with van der Waals surface area (Å²) < 4.78 is 1.98. The van der Waals surface area contributed by atoms with E-state index >= 15 is 0 Å². The Kier molecular flexibility index (Phi) is 3.92. The van der Waals surface area contributed by atoms with Crippen LogP contribution >= 0.6 is 0 Å². The van der Waals surface area contributed by atoms with Gasteiger partial charge in [0.2, 0.25) is 0 Å². The number of pyridine rings is 1. The molecular weight excluding hydrogens is 324 g/mol. The number of hydrogen-bond acceptors (Lipinski definition) is 4. The molecule has 2 heterocycles. The second kappa shape index (κ2) is 6.26. The lowest BCUT2D eigenvalue weighted by Crippen LogP contribution is -1.88. The number of aromatic hydroxyl groups is 1. The summed E-state index contributed by atoms with van der Waals surface area (Å²) in [4.78, 5) is 4.71. The van der Waals surface area contributed by atoms with E-state index in [4.69, 9.17) is 4.98 Å². The van der Waals surface area contributed by atoms with Gasteiger partial charge in [-0.15, -0.1) is 10.2 Å². The average molecular weight is 344 g/mol. The molecule has 0 amide bonds. The first-order valence-corrected chi connectivity index (χ1v) is 8.65. The van der Waals surface area contributed by atoms with Crippen LogP contribution in [0.2, 0.25) is 0 Å². The quantitative estimate of drug-likeness (QED) is 0.460. The molecule has 4 aromatic rings. The van der Waals surface area contributed by atoms with Gasteiger partial charge in [-0.25, -0.2) is 4.98 Å². The zero-order chi connectivity index (χ0) is 18.3. The van der Waals surface area contributed by atoms with E-state index in [0.29, 0.717) is 0 Å². The Labute approximate surface area is 151 Å². The Bertz CT molecular complexity index is 1140. The van der Waals surface area contributed by atoms with Crippen LogP contribution in [-0.2, 0) is 0 Å². The van der Waals surface area contributed by atoms with Crippen LogP contribution in [0.15, 0.2) is 65.0 Å². The van der Waals surface area contributed by atoms with Crippen LogP contribution in [0.4, 0.5) is 11.5 Å². The van der Waals surface area contributed by atoms with Crippen LogP contribution in [-0.4, -0.2) is 14.5 Å². The standard InChI is InChI=1S/C21H20N4O/c1-13(2)20-21(25-12-14(3)10-11-19(25)22-20)24-23-17-8-4-7-16-15(17)6-5-9-18(16)26/h4-13,26H,1-3H3. The summed E-state index contributed by atoms with van der Waals surface area (Å²) in [7, 11) is 0. The Morgan fingerprint density at radius 2 is 1.73 bits per heavy atom. The van der Waals surface area contributed by atoms with Gasteiger partial charge >= 0.3 is 0 Å². The van der Waals surface area contributed by atoms with Crippen LogP contribution in [0, 0.1) is 6.92 Å². The molecule has 0 atom stereocenters. The maximum absolute atomic E-state index is 10.1. The fraction of sp³-hybridized carbons (Fsp3) is 0.190. The Balaban J connectivity index is 1.89. The van der Waals surface area contributed by atoms with Crippen molar-refractivity contribution in [2.75, 3.05) is 0 Å². The molecule has 26 heavy (non-hydrogen) atoms. The van der Waals surface area contributed by atoms with Crippen molar-refractivity contribution in [3.05, 3.63) is 66.0 Å². The number of phenols is 1. The number of rotatable bonds is 3. The fourth-order valence-corrected chi connectivity index (χ4v) is 3.11. The smallest absolute Gasteiger partial charge is 0.183 e. The molecular formula is C21H20N4O. The third-order valence-corrected chi connectivity index (χ3v) is 4.44. The van der Waals surface area contributed by atoms with E-state index in [9.17, 15) is 5.11 Å². The largest absolute Gasteiger partial charge is 0.507 e. The molecule has 0 radical (unpaired) electrons. The minimum atomic E-state index is 0.237. The van der Waals surface area contributed by atoms with Crippen LogP contribution in [0.1, 0.15) is 31.0 Å². The van der Waals surface area contributed by atoms with E-state index in [2.05, 4.69) is 24.1 Å². The molecule has 0 unspecified atom stereocenters. The highest BCUT2D eigenvalue weighted by Gasteiger charge is 2.15. The molecule has 0 aliphatic rings. The number of hydrogen-bond donors (Lipinski definition) is 1.